The quantitative estimate of drug-likeness (QED) is 0.0806. The van der Waals surface area contributed by atoms with Crippen LogP contribution >= 0.6 is 0 Å². The van der Waals surface area contributed by atoms with Crippen LogP contribution in [0.15, 0.2) is 22.1 Å². The minimum atomic E-state index is -3.85. The van der Waals surface area contributed by atoms with Crippen LogP contribution in [0.5, 0.6) is 34.5 Å². The second-order valence-electron chi connectivity index (χ2n) is 12.8. The molecule has 270 valence electrons. The molecule has 50 heavy (non-hydrogen) atoms. The molecular formula is C34H42N4O10S2. The van der Waals surface area contributed by atoms with E-state index in [0.717, 1.165) is 12.4 Å². The Morgan fingerprint density at radius 2 is 0.920 bits per heavy atom. The van der Waals surface area contributed by atoms with Crippen LogP contribution in [0.1, 0.15) is 72.9 Å². The number of sulfonamides is 2. The highest BCUT2D eigenvalue weighted by atomic mass is 32.2. The van der Waals surface area contributed by atoms with Crippen LogP contribution in [0, 0.1) is 13.8 Å². The van der Waals surface area contributed by atoms with Gasteiger partial charge in [0.1, 0.15) is 11.5 Å². The highest BCUT2D eigenvalue weighted by molar-refractivity contribution is 7.89. The van der Waals surface area contributed by atoms with E-state index in [-0.39, 0.29) is 58.0 Å². The predicted octanol–water partition coefficient (Wildman–Crippen LogP) is 4.17. The van der Waals surface area contributed by atoms with Gasteiger partial charge in [0, 0.05) is 56.6 Å². The van der Waals surface area contributed by atoms with E-state index in [1.165, 1.54) is 0 Å². The average Bonchev–Trinajstić information content (AvgIpc) is 2.97. The number of rotatable bonds is 11. The lowest BCUT2D eigenvalue weighted by Crippen LogP contribution is -2.18. The van der Waals surface area contributed by atoms with Crippen molar-refractivity contribution in [3.05, 3.63) is 45.5 Å². The lowest BCUT2D eigenvalue weighted by Gasteiger charge is -2.23. The van der Waals surface area contributed by atoms with Crippen molar-refractivity contribution in [3.8, 4) is 45.6 Å². The van der Waals surface area contributed by atoms with Crippen molar-refractivity contribution in [1.29, 1.82) is 0 Å². The van der Waals surface area contributed by atoms with Gasteiger partial charge < -0.3 is 30.6 Å². The molecule has 0 unspecified atom stereocenters. The lowest BCUT2D eigenvalue weighted by molar-refractivity contribution is 0.398. The molecule has 4 rings (SSSR count). The smallest absolute Gasteiger partial charge is 0.210 e. The molecule has 0 aliphatic rings. The molecule has 10 N–H and O–H groups in total. The fourth-order valence-electron chi connectivity index (χ4n) is 6.30. The number of hydrogen-bond acceptors (Lipinski definition) is 12. The van der Waals surface area contributed by atoms with Gasteiger partial charge in [0.2, 0.25) is 20.0 Å². The molecule has 0 heterocycles. The Morgan fingerprint density at radius 3 is 1.20 bits per heavy atom. The van der Waals surface area contributed by atoms with Gasteiger partial charge in [0.25, 0.3) is 0 Å². The molecule has 0 bridgehead atoms. The van der Waals surface area contributed by atoms with Gasteiger partial charge >= 0.3 is 0 Å². The number of fused-ring (bicyclic) bond motifs is 2. The van der Waals surface area contributed by atoms with Crippen LogP contribution in [0.4, 0.5) is 0 Å². The number of nitrogens with zero attached hydrogens (tertiary/aromatic N) is 2. The first kappa shape index (κ1) is 38.2. The zero-order valence-electron chi connectivity index (χ0n) is 28.5. The number of primary sulfonamides is 2. The summed E-state index contributed by atoms with van der Waals surface area (Å²) in [6, 6.07) is 3.35. The molecular weight excluding hydrogens is 689 g/mol. The van der Waals surface area contributed by atoms with E-state index in [1.807, 2.05) is 0 Å². The first-order valence-corrected chi connectivity index (χ1v) is 19.0. The van der Waals surface area contributed by atoms with Crippen molar-refractivity contribution < 1.29 is 47.5 Å². The van der Waals surface area contributed by atoms with E-state index in [4.69, 9.17) is 10.3 Å². The number of hydrogen-bond donors (Lipinski definition) is 8. The molecule has 0 aliphatic heterocycles. The van der Waals surface area contributed by atoms with E-state index < -0.39 is 66.0 Å². The van der Waals surface area contributed by atoms with Gasteiger partial charge in [-0.15, -0.1) is 0 Å². The summed E-state index contributed by atoms with van der Waals surface area (Å²) in [5.41, 5.74) is 1.58. The molecule has 4 aromatic carbocycles. The lowest BCUT2D eigenvalue weighted by atomic mass is 9.83. The summed E-state index contributed by atoms with van der Waals surface area (Å²) in [4.78, 5) is 8.15. The fraction of sp³-hybridized carbons (Fsp3) is 0.353. The first-order valence-electron chi connectivity index (χ1n) is 15.6. The van der Waals surface area contributed by atoms with Crippen LogP contribution < -0.4 is 10.3 Å². The maximum absolute atomic E-state index is 12.1. The van der Waals surface area contributed by atoms with E-state index in [1.54, 1.807) is 53.7 Å². The largest absolute Gasteiger partial charge is 0.507 e. The monoisotopic (exact) mass is 730 g/mol. The van der Waals surface area contributed by atoms with E-state index in [9.17, 15) is 47.5 Å². The van der Waals surface area contributed by atoms with Crippen LogP contribution in [0.2, 0.25) is 0 Å². The van der Waals surface area contributed by atoms with Gasteiger partial charge in [-0.2, -0.15) is 0 Å². The summed E-state index contributed by atoms with van der Waals surface area (Å²) in [5, 5.41) is 79.6. The molecule has 16 heteroatoms. The van der Waals surface area contributed by atoms with Crippen LogP contribution in [0.3, 0.4) is 0 Å². The molecule has 0 saturated carbocycles. The minimum absolute atomic E-state index is 0.0593. The SMILES string of the molecule is Cc1cc2c(C(C)C)c(O)c(O)c(C=NCCS(N)(=O)=O)c2c(O)c1-c1c(C)cc2c(C(C)C)c(O)c(O)c(C=NCCS(N)(=O)=O)c2c1O. The van der Waals surface area contributed by atoms with E-state index >= 15 is 0 Å². The molecule has 0 atom stereocenters. The molecule has 0 aromatic heterocycles. The molecule has 0 spiro atoms. The maximum atomic E-state index is 12.1. The average molecular weight is 731 g/mol. The molecule has 0 saturated heterocycles. The molecule has 0 aliphatic carbocycles. The molecule has 0 radical (unpaired) electrons. The Morgan fingerprint density at radius 1 is 0.600 bits per heavy atom. The maximum Gasteiger partial charge on any atom is 0.210 e. The third-order valence-corrected chi connectivity index (χ3v) is 9.94. The summed E-state index contributed by atoms with van der Waals surface area (Å²) in [7, 11) is -7.70. The van der Waals surface area contributed by atoms with Crippen molar-refractivity contribution in [2.45, 2.75) is 53.4 Å². The molecule has 4 aromatic rings. The van der Waals surface area contributed by atoms with E-state index in [2.05, 4.69) is 9.98 Å². The Kier molecular flexibility index (Phi) is 10.6. The van der Waals surface area contributed by atoms with Gasteiger partial charge in [0.05, 0.1) is 24.6 Å². The zero-order chi connectivity index (χ0) is 37.6. The van der Waals surface area contributed by atoms with Crippen molar-refractivity contribution >= 4 is 54.0 Å². The standard InChI is InChI=1S/C34H42N4O10S2/c1-15(2)23-19-11-17(5)25(31(41)27(19)21(29(39)33(23)43)13-37-7-9-49(35,45)46)26-18(6)12-20-24(16(3)4)34(44)30(40)22(28(20)32(26)42)14-38-8-10-50(36,47)48/h11-16,39-44H,7-10H2,1-6H3,(H2,35,45,46)(H2,36,47,48). The van der Waals surface area contributed by atoms with E-state index in [0.29, 0.717) is 33.0 Å². The first-order chi connectivity index (χ1) is 23.1. The number of phenolic OH excluding ortho intramolecular Hbond substituents is 6. The van der Waals surface area contributed by atoms with Crippen molar-refractivity contribution in [2.75, 3.05) is 24.6 Å². The molecule has 14 nitrogen and oxygen atoms in total. The summed E-state index contributed by atoms with van der Waals surface area (Å²) in [6.45, 7) is 9.95. The predicted molar refractivity (Wildman–Crippen MR) is 195 cm³/mol. The highest BCUT2D eigenvalue weighted by Gasteiger charge is 2.29. The van der Waals surface area contributed by atoms with Gasteiger partial charge in [-0.3, -0.25) is 9.98 Å². The number of aromatic hydroxyl groups is 6. The van der Waals surface area contributed by atoms with Crippen molar-refractivity contribution in [1.82, 2.24) is 0 Å². The van der Waals surface area contributed by atoms with Crippen molar-refractivity contribution in [2.24, 2.45) is 20.3 Å². The zero-order valence-corrected chi connectivity index (χ0v) is 30.1. The molecule has 0 fully saturated rings. The summed E-state index contributed by atoms with van der Waals surface area (Å²) >= 11 is 0. The minimum Gasteiger partial charge on any atom is -0.507 e. The summed E-state index contributed by atoms with van der Waals surface area (Å²) in [6.07, 6.45) is 2.26. The van der Waals surface area contributed by atoms with Crippen LogP contribution in [-0.4, -0.2) is 84.5 Å². The summed E-state index contributed by atoms with van der Waals surface area (Å²) in [5.74, 6) is -4.57. The van der Waals surface area contributed by atoms with Gasteiger partial charge in [0.15, 0.2) is 23.0 Å². The van der Waals surface area contributed by atoms with Gasteiger partial charge in [-0.1, -0.05) is 39.8 Å². The number of aryl methyl sites for hydroxylation is 2. The van der Waals surface area contributed by atoms with Gasteiger partial charge in [-0.05, 0) is 47.6 Å². The third kappa shape index (κ3) is 7.28. The second kappa shape index (κ2) is 13.9. The number of nitrogens with two attached hydrogens (primary N) is 2. The normalized spacial score (nSPS) is 12.9. The number of benzene rings is 4. The topological polar surface area (TPSA) is 266 Å². The van der Waals surface area contributed by atoms with Gasteiger partial charge in [-0.25, -0.2) is 27.1 Å². The van der Waals surface area contributed by atoms with Crippen LogP contribution in [0.25, 0.3) is 32.7 Å². The third-order valence-electron chi connectivity index (χ3n) is 8.44. The number of aliphatic imine (C=N–C) groups is 2. The fourth-order valence-corrected chi connectivity index (χ4v) is 7.02. The number of phenols is 6. The molecule has 0 amide bonds. The highest BCUT2D eigenvalue weighted by Crippen LogP contribution is 2.54. The second-order valence-corrected chi connectivity index (χ2v) is 16.3. The van der Waals surface area contributed by atoms with Crippen LogP contribution in [-0.2, 0) is 20.0 Å². The Bertz CT molecular complexity index is 2150. The Labute approximate surface area is 290 Å². The Balaban J connectivity index is 2.16. The summed E-state index contributed by atoms with van der Waals surface area (Å²) < 4.78 is 45.9. The Hall–Kier alpha value is -4.64. The van der Waals surface area contributed by atoms with Crippen molar-refractivity contribution in [3.63, 3.8) is 0 Å².